The first-order chi connectivity index (χ1) is 7.93. The minimum Gasteiger partial charge on any atom is -0.462 e. The van der Waals surface area contributed by atoms with Gasteiger partial charge in [0.25, 0.3) is 0 Å². The molecule has 0 amide bonds. The normalized spacial score (nSPS) is 14.7. The molecule has 17 heavy (non-hydrogen) atoms. The summed E-state index contributed by atoms with van der Waals surface area (Å²) in [6, 6.07) is 0. The number of esters is 1. The van der Waals surface area contributed by atoms with Crippen molar-refractivity contribution in [3.8, 4) is 0 Å². The molecule has 0 radical (unpaired) electrons. The number of hydrogen-bond acceptors (Lipinski definition) is 3. The maximum absolute atomic E-state index is 12.5. The molecule has 2 nitrogen and oxygen atoms in total. The summed E-state index contributed by atoms with van der Waals surface area (Å²) < 4.78 is 17.6. The SMILES string of the molecule is CC(F)CCCCCSC(C)C(=O)OC(C)C. The standard InChI is InChI=1S/C13H25FO2S/c1-10(2)16-13(15)12(4)17-9-7-5-6-8-11(3)14/h10-12H,5-9H2,1-4H3. The van der Waals surface area contributed by atoms with Crippen LogP contribution in [0.2, 0.25) is 0 Å². The van der Waals surface area contributed by atoms with Crippen LogP contribution in [0, 0.1) is 0 Å². The number of carbonyl (C=O) groups is 1. The summed E-state index contributed by atoms with van der Waals surface area (Å²) in [5.74, 6) is 0.803. The van der Waals surface area contributed by atoms with Gasteiger partial charge < -0.3 is 4.74 Å². The van der Waals surface area contributed by atoms with Crippen LogP contribution in [0.15, 0.2) is 0 Å². The molecule has 0 spiro atoms. The van der Waals surface area contributed by atoms with Gasteiger partial charge in [-0.25, -0.2) is 4.39 Å². The number of rotatable bonds is 9. The van der Waals surface area contributed by atoms with Crippen molar-refractivity contribution in [3.05, 3.63) is 0 Å². The Kier molecular flexibility index (Phi) is 9.60. The second-order valence-corrected chi connectivity index (χ2v) is 6.08. The van der Waals surface area contributed by atoms with Gasteiger partial charge >= 0.3 is 5.97 Å². The number of alkyl halides is 1. The molecule has 0 bridgehead atoms. The molecular weight excluding hydrogens is 239 g/mol. The molecule has 0 aromatic heterocycles. The maximum atomic E-state index is 12.5. The molecule has 0 rings (SSSR count). The van der Waals surface area contributed by atoms with E-state index in [0.29, 0.717) is 6.42 Å². The van der Waals surface area contributed by atoms with E-state index < -0.39 is 6.17 Å². The van der Waals surface area contributed by atoms with E-state index in [9.17, 15) is 9.18 Å². The van der Waals surface area contributed by atoms with Crippen LogP contribution in [0.4, 0.5) is 4.39 Å². The summed E-state index contributed by atoms with van der Waals surface area (Å²) in [5, 5.41) is -0.0995. The first kappa shape index (κ1) is 16.8. The Balaban J connectivity index is 3.44. The number of ether oxygens (including phenoxy) is 1. The van der Waals surface area contributed by atoms with Crippen LogP contribution in [-0.2, 0) is 9.53 Å². The van der Waals surface area contributed by atoms with Crippen molar-refractivity contribution in [1.82, 2.24) is 0 Å². The molecule has 0 N–H and O–H groups in total. The van der Waals surface area contributed by atoms with E-state index in [4.69, 9.17) is 4.74 Å². The molecule has 0 aliphatic rings. The van der Waals surface area contributed by atoms with Crippen molar-refractivity contribution in [1.29, 1.82) is 0 Å². The third-order valence-corrected chi connectivity index (χ3v) is 3.51. The van der Waals surface area contributed by atoms with Crippen LogP contribution >= 0.6 is 11.8 Å². The zero-order valence-corrected chi connectivity index (χ0v) is 12.2. The van der Waals surface area contributed by atoms with E-state index in [1.54, 1.807) is 18.7 Å². The minimum absolute atomic E-state index is 0.0448. The molecule has 0 saturated carbocycles. The van der Waals surface area contributed by atoms with Crippen molar-refractivity contribution < 1.29 is 13.9 Å². The maximum Gasteiger partial charge on any atom is 0.319 e. The number of hydrogen-bond donors (Lipinski definition) is 0. The highest BCUT2D eigenvalue weighted by Crippen LogP contribution is 2.16. The zero-order chi connectivity index (χ0) is 13.3. The fraction of sp³-hybridized carbons (Fsp3) is 0.923. The van der Waals surface area contributed by atoms with E-state index in [2.05, 4.69) is 0 Å². The highest BCUT2D eigenvalue weighted by atomic mass is 32.2. The molecule has 0 fully saturated rings. The van der Waals surface area contributed by atoms with Gasteiger partial charge in [0.1, 0.15) is 0 Å². The first-order valence-electron chi connectivity index (χ1n) is 6.39. The van der Waals surface area contributed by atoms with Crippen molar-refractivity contribution in [2.45, 2.75) is 70.9 Å². The topological polar surface area (TPSA) is 26.3 Å². The van der Waals surface area contributed by atoms with E-state index in [-0.39, 0.29) is 17.3 Å². The Hall–Kier alpha value is -0.250. The monoisotopic (exact) mass is 264 g/mol. The number of halogens is 1. The lowest BCUT2D eigenvalue weighted by molar-refractivity contribution is -0.146. The molecule has 0 saturated heterocycles. The Morgan fingerprint density at radius 2 is 1.82 bits per heavy atom. The minimum atomic E-state index is -0.692. The number of carbonyl (C=O) groups excluding carboxylic acids is 1. The van der Waals surface area contributed by atoms with Crippen LogP contribution in [0.5, 0.6) is 0 Å². The third kappa shape index (κ3) is 10.6. The van der Waals surface area contributed by atoms with Gasteiger partial charge in [0, 0.05) is 0 Å². The number of thioether (sulfide) groups is 1. The Labute approximate surface area is 109 Å². The zero-order valence-electron chi connectivity index (χ0n) is 11.4. The molecule has 0 aliphatic carbocycles. The molecule has 2 unspecified atom stereocenters. The predicted octanol–water partition coefficient (Wildman–Crippen LogP) is 3.98. The summed E-state index contributed by atoms with van der Waals surface area (Å²) >= 11 is 1.62. The van der Waals surface area contributed by atoms with Gasteiger partial charge in [-0.15, -0.1) is 11.8 Å². The first-order valence-corrected chi connectivity index (χ1v) is 7.44. The fourth-order valence-electron chi connectivity index (χ4n) is 1.36. The molecule has 0 heterocycles. The van der Waals surface area contributed by atoms with Crippen molar-refractivity contribution in [3.63, 3.8) is 0 Å². The lowest BCUT2D eigenvalue weighted by atomic mass is 10.1. The lowest BCUT2D eigenvalue weighted by Gasteiger charge is -2.13. The predicted molar refractivity (Wildman–Crippen MR) is 72.2 cm³/mol. The van der Waals surface area contributed by atoms with Crippen LogP contribution in [0.3, 0.4) is 0 Å². The second kappa shape index (κ2) is 9.75. The summed E-state index contributed by atoms with van der Waals surface area (Å²) in [6.07, 6.45) is 2.92. The Bertz CT molecular complexity index is 208. The second-order valence-electron chi connectivity index (χ2n) is 4.63. The van der Waals surface area contributed by atoms with E-state index >= 15 is 0 Å². The van der Waals surface area contributed by atoms with Gasteiger partial charge in [-0.3, -0.25) is 4.79 Å². The molecule has 2 atom stereocenters. The summed E-state index contributed by atoms with van der Waals surface area (Å²) in [5.41, 5.74) is 0. The molecule has 0 aliphatic heterocycles. The fourth-order valence-corrected chi connectivity index (χ4v) is 2.28. The highest BCUT2D eigenvalue weighted by Gasteiger charge is 2.15. The van der Waals surface area contributed by atoms with Gasteiger partial charge in [-0.1, -0.05) is 12.8 Å². The smallest absolute Gasteiger partial charge is 0.319 e. The van der Waals surface area contributed by atoms with E-state index in [1.807, 2.05) is 20.8 Å². The summed E-state index contributed by atoms with van der Waals surface area (Å²) in [6.45, 7) is 7.18. The van der Waals surface area contributed by atoms with Crippen LogP contribution in [0.25, 0.3) is 0 Å². The summed E-state index contributed by atoms with van der Waals surface area (Å²) in [4.78, 5) is 11.5. The quantitative estimate of drug-likeness (QED) is 0.465. The third-order valence-electron chi connectivity index (χ3n) is 2.30. The van der Waals surface area contributed by atoms with E-state index in [1.165, 1.54) is 0 Å². The van der Waals surface area contributed by atoms with Gasteiger partial charge in [0.05, 0.1) is 17.5 Å². The van der Waals surface area contributed by atoms with Gasteiger partial charge in [0.2, 0.25) is 0 Å². The van der Waals surface area contributed by atoms with E-state index in [0.717, 1.165) is 25.0 Å². The van der Waals surface area contributed by atoms with Gasteiger partial charge in [-0.2, -0.15) is 0 Å². The van der Waals surface area contributed by atoms with Gasteiger partial charge in [-0.05, 0) is 46.3 Å². The summed E-state index contributed by atoms with van der Waals surface area (Å²) in [7, 11) is 0. The van der Waals surface area contributed by atoms with Crippen molar-refractivity contribution in [2.24, 2.45) is 0 Å². The Morgan fingerprint density at radius 3 is 2.35 bits per heavy atom. The van der Waals surface area contributed by atoms with Crippen LogP contribution in [0.1, 0.15) is 53.4 Å². The number of unbranched alkanes of at least 4 members (excludes halogenated alkanes) is 2. The molecule has 4 heteroatoms. The molecule has 0 aromatic carbocycles. The largest absolute Gasteiger partial charge is 0.462 e. The van der Waals surface area contributed by atoms with Crippen LogP contribution in [-0.4, -0.2) is 29.2 Å². The lowest BCUT2D eigenvalue weighted by Crippen LogP contribution is -2.21. The van der Waals surface area contributed by atoms with Gasteiger partial charge in [0.15, 0.2) is 0 Å². The Morgan fingerprint density at radius 1 is 1.18 bits per heavy atom. The molecule has 0 aromatic rings. The average Bonchev–Trinajstić information content (AvgIpc) is 2.21. The van der Waals surface area contributed by atoms with Crippen molar-refractivity contribution in [2.75, 3.05) is 5.75 Å². The average molecular weight is 264 g/mol. The van der Waals surface area contributed by atoms with Crippen molar-refractivity contribution >= 4 is 17.7 Å². The van der Waals surface area contributed by atoms with Crippen LogP contribution < -0.4 is 0 Å². The molecular formula is C13H25FO2S. The molecule has 102 valence electrons. The highest BCUT2D eigenvalue weighted by molar-refractivity contribution is 8.00.